The number of nitrogens with one attached hydrogen (secondary N) is 1. The van der Waals surface area contributed by atoms with E-state index in [1.165, 1.54) is 24.3 Å². The van der Waals surface area contributed by atoms with Gasteiger partial charge in [-0.25, -0.2) is 18.1 Å². The largest absolute Gasteiger partial charge is 0.335 e. The lowest BCUT2D eigenvalue weighted by Crippen LogP contribution is -2.40. The average Bonchev–Trinajstić information content (AvgIpc) is 3.01. The Balaban J connectivity index is 1.73. The van der Waals surface area contributed by atoms with Gasteiger partial charge >= 0.3 is 0 Å². The number of carbonyl (C=O) groups is 1. The van der Waals surface area contributed by atoms with E-state index < -0.39 is 15.6 Å². The summed E-state index contributed by atoms with van der Waals surface area (Å²) < 4.78 is 28.4. The highest BCUT2D eigenvalue weighted by molar-refractivity contribution is 7.89. The quantitative estimate of drug-likeness (QED) is 0.687. The van der Waals surface area contributed by atoms with Crippen LogP contribution in [0.5, 0.6) is 0 Å². The second kappa shape index (κ2) is 7.62. The van der Waals surface area contributed by atoms with Crippen LogP contribution >= 0.6 is 11.3 Å². The van der Waals surface area contributed by atoms with E-state index in [0.717, 1.165) is 15.2 Å². The first-order valence-corrected chi connectivity index (χ1v) is 11.1. The third-order valence-electron chi connectivity index (χ3n) is 3.91. The number of hydrogen-bond acceptors (Lipinski definition) is 5. The van der Waals surface area contributed by atoms with Crippen LogP contribution < -0.4 is 4.72 Å². The van der Waals surface area contributed by atoms with Gasteiger partial charge < -0.3 is 4.90 Å². The summed E-state index contributed by atoms with van der Waals surface area (Å²) in [4.78, 5) is 18.9. The highest BCUT2D eigenvalue weighted by Gasteiger charge is 2.22. The van der Waals surface area contributed by atoms with Crippen LogP contribution in [0.3, 0.4) is 0 Å². The van der Waals surface area contributed by atoms with Gasteiger partial charge in [0.15, 0.2) is 0 Å². The van der Waals surface area contributed by atoms with E-state index in [9.17, 15) is 13.2 Å². The monoisotopic (exact) mass is 417 g/mol. The third kappa shape index (κ3) is 4.76. The van der Waals surface area contributed by atoms with E-state index in [1.54, 1.807) is 44.1 Å². The number of nitrogens with zero attached hydrogens (tertiary/aromatic N) is 2. The minimum absolute atomic E-state index is 0.132. The van der Waals surface area contributed by atoms with Crippen molar-refractivity contribution >= 4 is 37.5 Å². The number of carbonyl (C=O) groups excluding carboxylic acids is 1. The maximum Gasteiger partial charge on any atom is 0.253 e. The molecule has 0 saturated carbocycles. The van der Waals surface area contributed by atoms with E-state index in [0.29, 0.717) is 12.1 Å². The molecule has 1 amide bonds. The third-order valence-corrected chi connectivity index (χ3v) is 6.70. The van der Waals surface area contributed by atoms with Gasteiger partial charge in [0.2, 0.25) is 10.0 Å². The summed E-state index contributed by atoms with van der Waals surface area (Å²) in [5.41, 5.74) is 0.771. The fourth-order valence-electron chi connectivity index (χ4n) is 2.72. The van der Waals surface area contributed by atoms with Crippen molar-refractivity contribution in [1.29, 1.82) is 0 Å². The van der Waals surface area contributed by atoms with Gasteiger partial charge in [-0.1, -0.05) is 12.1 Å². The summed E-state index contributed by atoms with van der Waals surface area (Å²) in [6.07, 6.45) is 0. The first-order chi connectivity index (χ1) is 13.0. The zero-order valence-corrected chi connectivity index (χ0v) is 17.9. The molecule has 8 heteroatoms. The number of rotatable bonds is 5. The number of benzene rings is 2. The Hall–Kier alpha value is -2.29. The molecule has 148 valence electrons. The summed E-state index contributed by atoms with van der Waals surface area (Å²) >= 11 is 1.56. The summed E-state index contributed by atoms with van der Waals surface area (Å²) in [6.45, 7) is 5.72. The van der Waals surface area contributed by atoms with Gasteiger partial charge in [0.25, 0.3) is 5.91 Å². The summed E-state index contributed by atoms with van der Waals surface area (Å²) in [5.74, 6) is -0.188. The Labute approximate surface area is 169 Å². The van der Waals surface area contributed by atoms with Gasteiger partial charge in [0.1, 0.15) is 5.01 Å². The van der Waals surface area contributed by atoms with E-state index in [2.05, 4.69) is 9.71 Å². The fraction of sp³-hybridized carbons (Fsp3) is 0.300. The molecule has 3 aromatic rings. The molecule has 28 heavy (non-hydrogen) atoms. The Morgan fingerprint density at radius 3 is 2.36 bits per heavy atom. The lowest BCUT2D eigenvalue weighted by Gasteiger charge is -2.20. The van der Waals surface area contributed by atoms with Crippen molar-refractivity contribution in [1.82, 2.24) is 14.6 Å². The van der Waals surface area contributed by atoms with Crippen molar-refractivity contribution in [2.45, 2.75) is 37.8 Å². The summed E-state index contributed by atoms with van der Waals surface area (Å²) in [5, 5.41) is 0.852. The van der Waals surface area contributed by atoms with Gasteiger partial charge in [-0.15, -0.1) is 11.3 Å². The molecule has 0 aliphatic heterocycles. The molecular formula is C20H23N3O3S2. The SMILES string of the molecule is CN(Cc1nc2ccccc2s1)C(=O)c1ccc(S(=O)(=O)NC(C)(C)C)cc1. The molecule has 3 rings (SSSR count). The van der Waals surface area contributed by atoms with Crippen LogP contribution in [-0.4, -0.2) is 36.8 Å². The first-order valence-electron chi connectivity index (χ1n) is 8.79. The highest BCUT2D eigenvalue weighted by atomic mass is 32.2. The maximum atomic E-state index is 12.7. The van der Waals surface area contributed by atoms with E-state index >= 15 is 0 Å². The lowest BCUT2D eigenvalue weighted by molar-refractivity contribution is 0.0785. The molecule has 0 bridgehead atoms. The van der Waals surface area contributed by atoms with Crippen molar-refractivity contribution in [2.24, 2.45) is 0 Å². The fourth-order valence-corrected chi connectivity index (χ4v) is 5.16. The minimum Gasteiger partial charge on any atom is -0.335 e. The normalized spacial score (nSPS) is 12.3. The number of aromatic nitrogens is 1. The molecule has 0 fully saturated rings. The van der Waals surface area contributed by atoms with Crippen LogP contribution in [0.2, 0.25) is 0 Å². The second-order valence-electron chi connectivity index (χ2n) is 7.62. The molecule has 2 aromatic carbocycles. The van der Waals surface area contributed by atoms with Gasteiger partial charge in [0.05, 0.1) is 21.7 Å². The smallest absolute Gasteiger partial charge is 0.253 e. The molecule has 0 aliphatic rings. The number of amides is 1. The zero-order chi connectivity index (χ0) is 20.5. The van der Waals surface area contributed by atoms with Crippen molar-refractivity contribution in [3.63, 3.8) is 0 Å². The van der Waals surface area contributed by atoms with Crippen LogP contribution in [-0.2, 0) is 16.6 Å². The molecule has 1 N–H and O–H groups in total. The number of para-hydroxylation sites is 1. The van der Waals surface area contributed by atoms with Crippen LogP contribution in [0.15, 0.2) is 53.4 Å². The van der Waals surface area contributed by atoms with Gasteiger partial charge in [-0.3, -0.25) is 4.79 Å². The second-order valence-corrected chi connectivity index (χ2v) is 10.4. The number of sulfonamides is 1. The molecule has 6 nitrogen and oxygen atoms in total. The van der Waals surface area contributed by atoms with Gasteiger partial charge in [-0.05, 0) is 57.2 Å². The zero-order valence-electron chi connectivity index (χ0n) is 16.3. The highest BCUT2D eigenvalue weighted by Crippen LogP contribution is 2.23. The van der Waals surface area contributed by atoms with E-state index in [1.807, 2.05) is 24.3 Å². The topological polar surface area (TPSA) is 79.4 Å². The summed E-state index contributed by atoms with van der Waals surface area (Å²) in [7, 11) is -1.92. The van der Waals surface area contributed by atoms with E-state index in [4.69, 9.17) is 0 Å². The predicted octanol–water partition coefficient (Wildman–Crippen LogP) is 3.65. The molecule has 0 unspecified atom stereocenters. The Morgan fingerprint density at radius 1 is 1.11 bits per heavy atom. The minimum atomic E-state index is -3.63. The van der Waals surface area contributed by atoms with Gasteiger partial charge in [-0.2, -0.15) is 0 Å². The van der Waals surface area contributed by atoms with Crippen LogP contribution in [0.1, 0.15) is 36.1 Å². The van der Waals surface area contributed by atoms with Gasteiger partial charge in [0, 0.05) is 18.2 Å². The molecule has 0 radical (unpaired) electrons. The molecule has 0 saturated heterocycles. The average molecular weight is 418 g/mol. The molecular weight excluding hydrogens is 394 g/mol. The Bertz CT molecular complexity index is 1060. The lowest BCUT2D eigenvalue weighted by atomic mass is 10.1. The van der Waals surface area contributed by atoms with Crippen LogP contribution in [0.25, 0.3) is 10.2 Å². The standard InChI is InChI=1S/C20H23N3O3S2/c1-20(2,3)22-28(25,26)15-11-9-14(10-12-15)19(24)23(4)13-18-21-16-7-5-6-8-17(16)27-18/h5-12,22H,13H2,1-4H3. The Morgan fingerprint density at radius 2 is 1.75 bits per heavy atom. The van der Waals surface area contributed by atoms with Crippen molar-refractivity contribution in [3.8, 4) is 0 Å². The van der Waals surface area contributed by atoms with Crippen LogP contribution in [0.4, 0.5) is 0 Å². The molecule has 0 aliphatic carbocycles. The number of hydrogen-bond donors (Lipinski definition) is 1. The molecule has 0 spiro atoms. The number of fused-ring (bicyclic) bond motifs is 1. The van der Waals surface area contributed by atoms with Crippen LogP contribution in [0, 0.1) is 0 Å². The predicted molar refractivity (Wildman–Crippen MR) is 112 cm³/mol. The molecule has 0 atom stereocenters. The molecule has 1 heterocycles. The summed E-state index contributed by atoms with van der Waals surface area (Å²) in [6, 6.07) is 13.8. The first kappa shape index (κ1) is 20.4. The number of thiazole rings is 1. The molecule has 1 aromatic heterocycles. The Kier molecular flexibility index (Phi) is 5.56. The maximum absolute atomic E-state index is 12.7. The van der Waals surface area contributed by atoms with Crippen molar-refractivity contribution in [2.75, 3.05) is 7.05 Å². The van der Waals surface area contributed by atoms with Crippen molar-refractivity contribution in [3.05, 3.63) is 59.1 Å². The van der Waals surface area contributed by atoms with E-state index in [-0.39, 0.29) is 10.8 Å². The van der Waals surface area contributed by atoms with Crippen molar-refractivity contribution < 1.29 is 13.2 Å².